The van der Waals surface area contributed by atoms with E-state index in [2.05, 4.69) is 25.1 Å². The molecule has 0 radical (unpaired) electrons. The van der Waals surface area contributed by atoms with E-state index in [4.69, 9.17) is 0 Å². The summed E-state index contributed by atoms with van der Waals surface area (Å²) in [7, 11) is 0. The van der Waals surface area contributed by atoms with Crippen LogP contribution in [0.5, 0.6) is 0 Å². The third kappa shape index (κ3) is 0.945. The SMILES string of the molecule is CCc1cccc2c1C1(CCC1)CC2. The van der Waals surface area contributed by atoms with Crippen molar-refractivity contribution >= 4 is 0 Å². The Morgan fingerprint density at radius 3 is 2.71 bits per heavy atom. The van der Waals surface area contributed by atoms with Crippen molar-refractivity contribution in [3.05, 3.63) is 34.9 Å². The molecular weight excluding hydrogens is 168 g/mol. The van der Waals surface area contributed by atoms with Gasteiger partial charge in [0.1, 0.15) is 0 Å². The molecule has 0 amide bonds. The van der Waals surface area contributed by atoms with Gasteiger partial charge in [-0.2, -0.15) is 0 Å². The number of hydrogen-bond donors (Lipinski definition) is 0. The summed E-state index contributed by atoms with van der Waals surface area (Å²) in [5, 5.41) is 0. The number of rotatable bonds is 1. The molecule has 0 heterocycles. The number of benzene rings is 1. The second-order valence-electron chi connectivity index (χ2n) is 4.94. The van der Waals surface area contributed by atoms with Crippen molar-refractivity contribution in [2.75, 3.05) is 0 Å². The average Bonchev–Trinajstić information content (AvgIpc) is 2.56. The molecule has 74 valence electrons. The van der Waals surface area contributed by atoms with Gasteiger partial charge in [0.05, 0.1) is 0 Å². The molecule has 1 spiro atoms. The number of hydrogen-bond acceptors (Lipinski definition) is 0. The van der Waals surface area contributed by atoms with Crippen molar-refractivity contribution in [1.82, 2.24) is 0 Å². The van der Waals surface area contributed by atoms with Crippen LogP contribution in [0.3, 0.4) is 0 Å². The molecule has 0 saturated heterocycles. The first-order valence-corrected chi connectivity index (χ1v) is 5.97. The Balaban J connectivity index is 2.15. The zero-order valence-corrected chi connectivity index (χ0v) is 8.97. The second kappa shape index (κ2) is 2.85. The first-order valence-electron chi connectivity index (χ1n) is 5.97. The van der Waals surface area contributed by atoms with Gasteiger partial charge in [-0.15, -0.1) is 0 Å². The monoisotopic (exact) mass is 186 g/mol. The Hall–Kier alpha value is -0.780. The van der Waals surface area contributed by atoms with Gasteiger partial charge in [-0.05, 0) is 54.2 Å². The molecule has 0 unspecified atom stereocenters. The molecule has 14 heavy (non-hydrogen) atoms. The molecular formula is C14H18. The molecule has 0 aliphatic heterocycles. The number of fused-ring (bicyclic) bond motifs is 2. The third-order valence-corrected chi connectivity index (χ3v) is 4.33. The lowest BCUT2D eigenvalue weighted by atomic mass is 9.64. The first kappa shape index (κ1) is 8.52. The van der Waals surface area contributed by atoms with Crippen molar-refractivity contribution in [3.8, 4) is 0 Å². The predicted molar refractivity (Wildman–Crippen MR) is 59.7 cm³/mol. The topological polar surface area (TPSA) is 0 Å². The van der Waals surface area contributed by atoms with Gasteiger partial charge in [-0.1, -0.05) is 31.5 Å². The molecule has 0 bridgehead atoms. The maximum Gasteiger partial charge on any atom is -0.00383 e. The van der Waals surface area contributed by atoms with Crippen LogP contribution in [0.2, 0.25) is 0 Å². The van der Waals surface area contributed by atoms with Crippen molar-refractivity contribution in [1.29, 1.82) is 0 Å². The van der Waals surface area contributed by atoms with E-state index in [0.29, 0.717) is 5.41 Å². The number of aryl methyl sites for hydroxylation is 2. The zero-order chi connectivity index (χ0) is 9.60. The highest BCUT2D eigenvalue weighted by Gasteiger charge is 2.44. The minimum atomic E-state index is 0.641. The van der Waals surface area contributed by atoms with E-state index in [-0.39, 0.29) is 0 Å². The van der Waals surface area contributed by atoms with Crippen LogP contribution in [-0.2, 0) is 18.3 Å². The van der Waals surface area contributed by atoms with Crippen LogP contribution in [0.1, 0.15) is 49.3 Å². The Bertz CT molecular complexity index is 358. The van der Waals surface area contributed by atoms with Crippen LogP contribution in [0.25, 0.3) is 0 Å². The fraction of sp³-hybridized carbons (Fsp3) is 0.571. The van der Waals surface area contributed by atoms with Gasteiger partial charge in [0, 0.05) is 0 Å². The molecule has 0 aromatic heterocycles. The normalized spacial score (nSPS) is 22.1. The molecule has 1 aromatic rings. The average molecular weight is 186 g/mol. The second-order valence-corrected chi connectivity index (χ2v) is 4.94. The fourth-order valence-corrected chi connectivity index (χ4v) is 3.44. The third-order valence-electron chi connectivity index (χ3n) is 4.33. The highest BCUT2D eigenvalue weighted by Crippen LogP contribution is 2.53. The van der Waals surface area contributed by atoms with Gasteiger partial charge in [0.25, 0.3) is 0 Å². The summed E-state index contributed by atoms with van der Waals surface area (Å²) in [5.74, 6) is 0. The van der Waals surface area contributed by atoms with E-state index in [9.17, 15) is 0 Å². The first-order chi connectivity index (χ1) is 6.86. The molecule has 0 N–H and O–H groups in total. The lowest BCUT2D eigenvalue weighted by Crippen LogP contribution is -2.32. The molecule has 0 nitrogen and oxygen atoms in total. The van der Waals surface area contributed by atoms with Gasteiger partial charge < -0.3 is 0 Å². The van der Waals surface area contributed by atoms with E-state index >= 15 is 0 Å². The quantitative estimate of drug-likeness (QED) is 0.628. The fourth-order valence-electron chi connectivity index (χ4n) is 3.44. The summed E-state index contributed by atoms with van der Waals surface area (Å²) in [4.78, 5) is 0. The summed E-state index contributed by atoms with van der Waals surface area (Å²) < 4.78 is 0. The molecule has 0 heteroatoms. The van der Waals surface area contributed by atoms with Gasteiger partial charge >= 0.3 is 0 Å². The maximum atomic E-state index is 2.35. The summed E-state index contributed by atoms with van der Waals surface area (Å²) in [5.41, 5.74) is 5.68. The molecule has 1 saturated carbocycles. The van der Waals surface area contributed by atoms with Gasteiger partial charge in [0.2, 0.25) is 0 Å². The Labute approximate surface area is 86.3 Å². The summed E-state index contributed by atoms with van der Waals surface area (Å²) in [6.45, 7) is 2.29. The van der Waals surface area contributed by atoms with Crippen molar-refractivity contribution in [2.24, 2.45) is 0 Å². The summed E-state index contributed by atoms with van der Waals surface area (Å²) in [6, 6.07) is 6.93. The molecule has 3 rings (SSSR count). The predicted octanol–water partition coefficient (Wildman–Crippen LogP) is 3.62. The van der Waals surface area contributed by atoms with Crippen LogP contribution >= 0.6 is 0 Å². The largest absolute Gasteiger partial charge is 0.0617 e. The molecule has 0 atom stereocenters. The maximum absolute atomic E-state index is 2.35. The smallest absolute Gasteiger partial charge is 0.00383 e. The van der Waals surface area contributed by atoms with Gasteiger partial charge in [-0.3, -0.25) is 0 Å². The van der Waals surface area contributed by atoms with Crippen molar-refractivity contribution in [3.63, 3.8) is 0 Å². The molecule has 2 aliphatic rings. The van der Waals surface area contributed by atoms with Crippen LogP contribution in [0.15, 0.2) is 18.2 Å². The van der Waals surface area contributed by atoms with Crippen LogP contribution in [0, 0.1) is 0 Å². The molecule has 1 fully saturated rings. The van der Waals surface area contributed by atoms with Gasteiger partial charge in [-0.25, -0.2) is 0 Å². The van der Waals surface area contributed by atoms with Gasteiger partial charge in [0.15, 0.2) is 0 Å². The van der Waals surface area contributed by atoms with E-state index < -0.39 is 0 Å². The van der Waals surface area contributed by atoms with E-state index in [1.54, 1.807) is 16.7 Å². The van der Waals surface area contributed by atoms with Crippen LogP contribution in [0.4, 0.5) is 0 Å². The molecule has 1 aromatic carbocycles. The lowest BCUT2D eigenvalue weighted by molar-refractivity contribution is 0.242. The van der Waals surface area contributed by atoms with Crippen LogP contribution in [-0.4, -0.2) is 0 Å². The Morgan fingerprint density at radius 1 is 1.21 bits per heavy atom. The van der Waals surface area contributed by atoms with Crippen molar-refractivity contribution < 1.29 is 0 Å². The summed E-state index contributed by atoms with van der Waals surface area (Å²) in [6.07, 6.45) is 8.35. The Kier molecular flexibility index (Phi) is 1.74. The van der Waals surface area contributed by atoms with E-state index in [1.807, 2.05) is 0 Å². The summed E-state index contributed by atoms with van der Waals surface area (Å²) >= 11 is 0. The van der Waals surface area contributed by atoms with Crippen LogP contribution < -0.4 is 0 Å². The molecule has 2 aliphatic carbocycles. The minimum absolute atomic E-state index is 0.641. The standard InChI is InChI=1S/C14H18/c1-2-11-5-3-6-12-7-10-14(13(11)12)8-4-9-14/h3,5-6H,2,4,7-10H2,1H3. The highest BCUT2D eigenvalue weighted by atomic mass is 14.5. The van der Waals surface area contributed by atoms with Crippen molar-refractivity contribution in [2.45, 2.75) is 50.9 Å². The Morgan fingerprint density at radius 2 is 2.07 bits per heavy atom. The zero-order valence-electron chi connectivity index (χ0n) is 8.97. The minimum Gasteiger partial charge on any atom is -0.0617 e. The van der Waals surface area contributed by atoms with E-state index in [0.717, 1.165) is 0 Å². The highest BCUT2D eigenvalue weighted by molar-refractivity contribution is 5.46. The van der Waals surface area contributed by atoms with E-state index in [1.165, 1.54) is 38.5 Å². The lowest BCUT2D eigenvalue weighted by Gasteiger charge is -2.40.